The molecule has 12 heteroatoms. The first-order valence-corrected chi connectivity index (χ1v) is 17.5. The fourth-order valence-corrected chi connectivity index (χ4v) is 6.90. The Balaban J connectivity index is 1.20. The average Bonchev–Trinajstić information content (AvgIpc) is 3.50. The quantitative estimate of drug-likeness (QED) is 0.224. The number of carbonyl (C=O) groups is 6. The first-order chi connectivity index (χ1) is 23.6. The summed E-state index contributed by atoms with van der Waals surface area (Å²) in [6, 6.07) is 16.1. The lowest BCUT2D eigenvalue weighted by atomic mass is 9.94. The molecule has 0 aromatic heterocycles. The standard InChI is InChI=1S/C37H48N6O6/c1-3-5-16-39-33(45)29-21-43(22-30(29)34(46)40-17-6-4-2)37(49)25-14-12-24(13-15-25)36(48)42-19-27(32(38)44)28(20-42)35(47)41-31-18-26(31)23-10-8-7-9-11-23/h7-15,26-31H,3-6,16-22H2,1-2H3,(H2,38,44)(H,39,45)(H,40,46)(H,41,47)/t26-,27-,28-,29-,30-,31+/m1/s1. The van der Waals surface area contributed by atoms with Crippen LogP contribution >= 0.6 is 0 Å². The van der Waals surface area contributed by atoms with Crippen LogP contribution in [0.3, 0.4) is 0 Å². The maximum atomic E-state index is 13.6. The Morgan fingerprint density at radius 1 is 0.653 bits per heavy atom. The van der Waals surface area contributed by atoms with Gasteiger partial charge in [0.15, 0.2) is 0 Å². The van der Waals surface area contributed by atoms with Crippen molar-refractivity contribution in [1.29, 1.82) is 0 Å². The van der Waals surface area contributed by atoms with Crippen molar-refractivity contribution in [2.45, 2.75) is 57.9 Å². The summed E-state index contributed by atoms with van der Waals surface area (Å²) in [7, 11) is 0. The van der Waals surface area contributed by atoms with E-state index in [1.807, 2.05) is 44.2 Å². The van der Waals surface area contributed by atoms with E-state index in [1.165, 1.54) is 21.9 Å². The molecule has 1 aliphatic carbocycles. The number of amides is 6. The second-order valence-corrected chi connectivity index (χ2v) is 13.5. The van der Waals surface area contributed by atoms with Gasteiger partial charge in [-0.3, -0.25) is 28.8 Å². The minimum absolute atomic E-state index is 0.0229. The molecule has 2 saturated heterocycles. The SMILES string of the molecule is CCCCNC(=O)[C@@H]1CN(C(=O)c2ccc(C(=O)N3C[C@@H](C(N)=O)[C@H](C(=O)N[C@H]4C[C@@H]4c4ccccc4)C3)cc2)C[C@H]1C(=O)NCCCC. The van der Waals surface area contributed by atoms with Gasteiger partial charge in [-0.15, -0.1) is 0 Å². The Morgan fingerprint density at radius 2 is 1.10 bits per heavy atom. The third kappa shape index (κ3) is 8.47. The highest BCUT2D eigenvalue weighted by Crippen LogP contribution is 2.41. The summed E-state index contributed by atoms with van der Waals surface area (Å²) in [6.45, 7) is 5.38. The van der Waals surface area contributed by atoms with Crippen LogP contribution in [0.1, 0.15) is 78.1 Å². The van der Waals surface area contributed by atoms with Crippen molar-refractivity contribution in [3.8, 4) is 0 Å². The van der Waals surface area contributed by atoms with Crippen LogP contribution in [0.2, 0.25) is 0 Å². The third-order valence-corrected chi connectivity index (χ3v) is 9.97. The van der Waals surface area contributed by atoms with Crippen LogP contribution in [-0.4, -0.2) is 90.6 Å². The predicted octanol–water partition coefficient (Wildman–Crippen LogP) is 2.05. The Bertz CT molecular complexity index is 1500. The van der Waals surface area contributed by atoms with E-state index in [4.69, 9.17) is 5.73 Å². The maximum absolute atomic E-state index is 13.6. The van der Waals surface area contributed by atoms with Gasteiger partial charge in [0, 0.05) is 62.4 Å². The molecule has 49 heavy (non-hydrogen) atoms. The lowest BCUT2D eigenvalue weighted by Gasteiger charge is -2.18. The molecule has 0 radical (unpaired) electrons. The first kappa shape index (κ1) is 35.6. The normalized spacial score (nSPS) is 24.3. The molecule has 5 rings (SSSR count). The van der Waals surface area contributed by atoms with Gasteiger partial charge in [-0.25, -0.2) is 0 Å². The van der Waals surface area contributed by atoms with E-state index < -0.39 is 29.6 Å². The number of likely N-dealkylation sites (tertiary alicyclic amines) is 2. The van der Waals surface area contributed by atoms with Gasteiger partial charge >= 0.3 is 0 Å². The largest absolute Gasteiger partial charge is 0.369 e. The molecule has 2 aromatic rings. The van der Waals surface area contributed by atoms with Crippen LogP contribution in [-0.2, 0) is 19.2 Å². The van der Waals surface area contributed by atoms with E-state index in [1.54, 1.807) is 12.1 Å². The lowest BCUT2D eigenvalue weighted by Crippen LogP contribution is -2.42. The number of hydrogen-bond acceptors (Lipinski definition) is 6. The number of unbranched alkanes of at least 4 members (excludes halogenated alkanes) is 2. The van der Waals surface area contributed by atoms with Crippen molar-refractivity contribution >= 4 is 35.4 Å². The van der Waals surface area contributed by atoms with Crippen LogP contribution in [0, 0.1) is 23.7 Å². The molecule has 6 amide bonds. The second-order valence-electron chi connectivity index (χ2n) is 13.5. The summed E-state index contributed by atoms with van der Waals surface area (Å²) in [5.41, 5.74) is 7.44. The van der Waals surface area contributed by atoms with Crippen molar-refractivity contribution in [3.63, 3.8) is 0 Å². The summed E-state index contributed by atoms with van der Waals surface area (Å²) in [4.78, 5) is 81.7. The zero-order valence-corrected chi connectivity index (χ0v) is 28.4. The Morgan fingerprint density at radius 3 is 1.55 bits per heavy atom. The van der Waals surface area contributed by atoms with Gasteiger partial charge in [-0.1, -0.05) is 57.0 Å². The molecular formula is C37H48N6O6. The smallest absolute Gasteiger partial charge is 0.253 e. The van der Waals surface area contributed by atoms with E-state index in [-0.39, 0.29) is 67.7 Å². The fourth-order valence-electron chi connectivity index (χ4n) is 6.90. The summed E-state index contributed by atoms with van der Waals surface area (Å²) in [5, 5.41) is 8.87. The molecule has 0 spiro atoms. The molecule has 2 aliphatic heterocycles. The Labute approximate surface area is 287 Å². The van der Waals surface area contributed by atoms with Crippen molar-refractivity contribution in [2.75, 3.05) is 39.3 Å². The van der Waals surface area contributed by atoms with Crippen molar-refractivity contribution in [1.82, 2.24) is 25.8 Å². The summed E-state index contributed by atoms with van der Waals surface area (Å²) < 4.78 is 0. The zero-order valence-electron chi connectivity index (χ0n) is 28.4. The van der Waals surface area contributed by atoms with Crippen LogP contribution in [0.15, 0.2) is 54.6 Å². The van der Waals surface area contributed by atoms with E-state index >= 15 is 0 Å². The van der Waals surface area contributed by atoms with Crippen LogP contribution < -0.4 is 21.7 Å². The van der Waals surface area contributed by atoms with Crippen LogP contribution in [0.25, 0.3) is 0 Å². The second kappa shape index (κ2) is 16.1. The van der Waals surface area contributed by atoms with E-state index in [9.17, 15) is 28.8 Å². The zero-order chi connectivity index (χ0) is 35.1. The molecule has 3 aliphatic rings. The molecule has 6 atom stereocenters. The maximum Gasteiger partial charge on any atom is 0.253 e. The van der Waals surface area contributed by atoms with Gasteiger partial charge in [-0.05, 0) is 49.1 Å². The fraction of sp³-hybridized carbons (Fsp3) is 0.514. The molecular weight excluding hydrogens is 624 g/mol. The number of nitrogens with zero attached hydrogens (tertiary/aromatic N) is 2. The van der Waals surface area contributed by atoms with Gasteiger partial charge in [0.2, 0.25) is 23.6 Å². The van der Waals surface area contributed by atoms with Gasteiger partial charge in [0.1, 0.15) is 0 Å². The van der Waals surface area contributed by atoms with E-state index in [0.717, 1.165) is 37.7 Å². The number of rotatable bonds is 14. The Hall–Kier alpha value is -4.74. The molecule has 12 nitrogen and oxygen atoms in total. The molecule has 5 N–H and O–H groups in total. The highest BCUT2D eigenvalue weighted by molar-refractivity contribution is 6.00. The van der Waals surface area contributed by atoms with Gasteiger partial charge in [-0.2, -0.15) is 0 Å². The molecule has 262 valence electrons. The number of nitrogens with two attached hydrogens (primary N) is 1. The summed E-state index contributed by atoms with van der Waals surface area (Å²) >= 11 is 0. The minimum atomic E-state index is -0.812. The number of carbonyl (C=O) groups excluding carboxylic acids is 6. The van der Waals surface area contributed by atoms with Crippen LogP contribution in [0.4, 0.5) is 0 Å². The molecule has 1 saturated carbocycles. The number of hydrogen-bond donors (Lipinski definition) is 4. The van der Waals surface area contributed by atoms with Crippen LogP contribution in [0.5, 0.6) is 0 Å². The number of benzene rings is 2. The molecule has 0 unspecified atom stereocenters. The van der Waals surface area contributed by atoms with E-state index in [2.05, 4.69) is 16.0 Å². The molecule has 3 fully saturated rings. The molecule has 0 bridgehead atoms. The van der Waals surface area contributed by atoms with Gasteiger partial charge in [0.05, 0.1) is 23.7 Å². The number of primary amides is 1. The topological polar surface area (TPSA) is 171 Å². The highest BCUT2D eigenvalue weighted by atomic mass is 16.2. The first-order valence-electron chi connectivity index (χ1n) is 17.5. The summed E-state index contributed by atoms with van der Waals surface area (Å²) in [6.07, 6.45) is 4.30. The lowest BCUT2D eigenvalue weighted by molar-refractivity contribution is -0.132. The van der Waals surface area contributed by atoms with Crippen molar-refractivity contribution in [2.24, 2.45) is 29.4 Å². The highest BCUT2D eigenvalue weighted by Gasteiger charge is 2.47. The number of nitrogens with one attached hydrogen (secondary N) is 3. The third-order valence-electron chi connectivity index (χ3n) is 9.97. The van der Waals surface area contributed by atoms with E-state index in [0.29, 0.717) is 24.2 Å². The molecule has 2 heterocycles. The predicted molar refractivity (Wildman–Crippen MR) is 183 cm³/mol. The molecule has 2 aromatic carbocycles. The summed E-state index contributed by atoms with van der Waals surface area (Å²) in [5.74, 6) is -4.77. The average molecular weight is 673 g/mol. The monoisotopic (exact) mass is 672 g/mol. The van der Waals surface area contributed by atoms with Gasteiger partial charge in [0.25, 0.3) is 11.8 Å². The van der Waals surface area contributed by atoms with Gasteiger partial charge < -0.3 is 31.5 Å². The van der Waals surface area contributed by atoms with Crippen molar-refractivity contribution < 1.29 is 28.8 Å². The van der Waals surface area contributed by atoms with Crippen molar-refractivity contribution in [3.05, 3.63) is 71.3 Å². The Kier molecular flexibility index (Phi) is 11.7. The minimum Gasteiger partial charge on any atom is -0.369 e.